The number of urea groups is 1. The largest absolute Gasteiger partial charge is 0.391 e. The van der Waals surface area contributed by atoms with Gasteiger partial charge in [-0.05, 0) is 18.2 Å². The van der Waals surface area contributed by atoms with Crippen LogP contribution in [0.3, 0.4) is 0 Å². The average molecular weight is 407 g/mol. The highest BCUT2D eigenvalue weighted by molar-refractivity contribution is 5.99. The number of nitrogens with one attached hydrogen (secondary N) is 2. The Morgan fingerprint density at radius 2 is 2.00 bits per heavy atom. The molecule has 1 aromatic carbocycles. The van der Waals surface area contributed by atoms with Crippen molar-refractivity contribution in [1.29, 1.82) is 0 Å². The van der Waals surface area contributed by atoms with E-state index in [2.05, 4.69) is 15.6 Å². The van der Waals surface area contributed by atoms with Crippen molar-refractivity contribution in [3.05, 3.63) is 57.1 Å². The summed E-state index contributed by atoms with van der Waals surface area (Å²) >= 11 is 0. The molecular weight excluding hydrogens is 390 g/mol. The predicted octanol–water partition coefficient (Wildman–Crippen LogP) is -0.807. The molecule has 3 atom stereocenters. The fourth-order valence-corrected chi connectivity index (χ4v) is 2.84. The Kier molecular flexibility index (Phi) is 5.56. The van der Waals surface area contributed by atoms with Crippen LogP contribution in [-0.2, 0) is 10.5 Å². The number of aromatic nitrogens is 2. The van der Waals surface area contributed by atoms with Crippen LogP contribution in [0.15, 0.2) is 41.3 Å². The molecule has 1 aromatic heterocycles. The summed E-state index contributed by atoms with van der Waals surface area (Å²) in [5.41, 5.74) is -2.69. The van der Waals surface area contributed by atoms with Crippen LogP contribution in [0.1, 0.15) is 0 Å². The summed E-state index contributed by atoms with van der Waals surface area (Å²) in [6, 6.07) is 5.56. The molecule has 5 N–H and O–H groups in total. The number of nitrogens with zero attached hydrogens (tertiary/aromatic N) is 3. The average Bonchev–Trinajstić information content (AvgIpc) is 2.97. The first-order valence-electron chi connectivity index (χ1n) is 8.30. The summed E-state index contributed by atoms with van der Waals surface area (Å²) in [6.07, 6.45) is -1.70. The number of aliphatic hydroxyl groups is 3. The van der Waals surface area contributed by atoms with Crippen LogP contribution in [0.4, 0.5) is 22.0 Å². The van der Waals surface area contributed by atoms with Gasteiger partial charge in [0.2, 0.25) is 5.72 Å². The highest BCUT2D eigenvalue weighted by atomic mass is 16.6. The Hall–Kier alpha value is -3.39. The van der Waals surface area contributed by atoms with Gasteiger partial charge in [0, 0.05) is 24.0 Å². The van der Waals surface area contributed by atoms with E-state index < -0.39 is 41.2 Å². The molecule has 3 rings (SSSR count). The van der Waals surface area contributed by atoms with E-state index in [1.807, 2.05) is 0 Å². The second-order valence-electron chi connectivity index (χ2n) is 6.17. The minimum absolute atomic E-state index is 0.133. The smallest absolute Gasteiger partial charge is 0.352 e. The van der Waals surface area contributed by atoms with Gasteiger partial charge in [0.05, 0.1) is 18.1 Å². The number of non-ortho nitro benzene ring substituents is 1. The number of nitro groups is 1. The van der Waals surface area contributed by atoms with Gasteiger partial charge in [-0.25, -0.2) is 9.59 Å². The Morgan fingerprint density at radius 1 is 1.31 bits per heavy atom. The first-order chi connectivity index (χ1) is 13.8. The van der Waals surface area contributed by atoms with Gasteiger partial charge in [0.15, 0.2) is 0 Å². The predicted molar refractivity (Wildman–Crippen MR) is 97.3 cm³/mol. The van der Waals surface area contributed by atoms with Crippen LogP contribution in [0.25, 0.3) is 0 Å². The Morgan fingerprint density at radius 3 is 2.52 bits per heavy atom. The van der Waals surface area contributed by atoms with E-state index in [0.717, 1.165) is 10.8 Å². The molecule has 1 fully saturated rings. The number of amides is 2. The number of hydrogen-bond acceptors (Lipinski definition) is 9. The van der Waals surface area contributed by atoms with Gasteiger partial charge in [-0.3, -0.25) is 20.0 Å². The van der Waals surface area contributed by atoms with Gasteiger partial charge in [-0.15, -0.1) is 0 Å². The third-order valence-corrected chi connectivity index (χ3v) is 4.35. The molecule has 0 aliphatic carbocycles. The summed E-state index contributed by atoms with van der Waals surface area (Å²) in [6.45, 7) is -1.08. The van der Waals surface area contributed by atoms with Crippen molar-refractivity contribution < 1.29 is 29.8 Å². The van der Waals surface area contributed by atoms with Gasteiger partial charge < -0.3 is 25.4 Å². The second-order valence-corrected chi connectivity index (χ2v) is 6.17. The van der Waals surface area contributed by atoms with Crippen LogP contribution in [0.5, 0.6) is 0 Å². The lowest BCUT2D eigenvalue weighted by atomic mass is 10.1. The van der Waals surface area contributed by atoms with Crippen molar-refractivity contribution in [2.75, 3.05) is 23.8 Å². The number of anilines is 2. The maximum atomic E-state index is 12.3. The van der Waals surface area contributed by atoms with Crippen molar-refractivity contribution in [3.8, 4) is 0 Å². The Labute approximate surface area is 162 Å². The number of carbonyl (C=O) groups is 1. The van der Waals surface area contributed by atoms with Crippen molar-refractivity contribution in [1.82, 2.24) is 9.55 Å². The Bertz CT molecular complexity index is 978. The monoisotopic (exact) mass is 407 g/mol. The van der Waals surface area contributed by atoms with Gasteiger partial charge in [-0.1, -0.05) is 0 Å². The molecule has 0 saturated carbocycles. The van der Waals surface area contributed by atoms with Crippen LogP contribution >= 0.6 is 0 Å². The van der Waals surface area contributed by atoms with Gasteiger partial charge in [0.25, 0.3) is 5.69 Å². The highest BCUT2D eigenvalue weighted by Crippen LogP contribution is 2.30. The number of nitro benzene ring substituents is 1. The molecule has 2 aromatic rings. The lowest BCUT2D eigenvalue weighted by Gasteiger charge is -2.31. The first kappa shape index (κ1) is 20.3. The van der Waals surface area contributed by atoms with Crippen molar-refractivity contribution in [3.63, 3.8) is 0 Å². The van der Waals surface area contributed by atoms with Crippen LogP contribution < -0.4 is 16.3 Å². The molecule has 2 unspecified atom stereocenters. The normalized spacial score (nSPS) is 23.6. The number of carbonyl (C=O) groups excluding carboxylic acids is 1. The fourth-order valence-electron chi connectivity index (χ4n) is 2.84. The van der Waals surface area contributed by atoms with Crippen molar-refractivity contribution >= 4 is 23.2 Å². The molecule has 0 radical (unpaired) electrons. The quantitative estimate of drug-likeness (QED) is 0.312. The standard InChI is InChI=1S/C16H17N5O8/c22-8-16(13(24)11(23)7-29-16)20-6-5-12(19-15(20)26)18-14(25)17-9-1-3-10(4-2-9)21(27)28/h1-6,11,13,22-24H,7-8H2,(H2,17,18,19,25,26)/t11?,13?,16-/m0/s1. The molecule has 2 amide bonds. The summed E-state index contributed by atoms with van der Waals surface area (Å²) in [5.74, 6) is -0.133. The van der Waals surface area contributed by atoms with Gasteiger partial charge in [-0.2, -0.15) is 4.98 Å². The molecule has 13 nitrogen and oxygen atoms in total. The Balaban J connectivity index is 1.72. The fraction of sp³-hybridized carbons (Fsp3) is 0.312. The number of rotatable bonds is 5. The molecule has 154 valence electrons. The van der Waals surface area contributed by atoms with E-state index in [9.17, 15) is 35.0 Å². The third kappa shape index (κ3) is 3.93. The van der Waals surface area contributed by atoms with Crippen LogP contribution in [0.2, 0.25) is 0 Å². The van der Waals surface area contributed by atoms with E-state index in [1.165, 1.54) is 30.3 Å². The maximum Gasteiger partial charge on any atom is 0.352 e. The number of benzene rings is 1. The van der Waals surface area contributed by atoms with Crippen molar-refractivity contribution in [2.45, 2.75) is 17.9 Å². The maximum absolute atomic E-state index is 12.3. The highest BCUT2D eigenvalue weighted by Gasteiger charge is 2.51. The summed E-state index contributed by atoms with van der Waals surface area (Å²) < 4.78 is 6.06. The summed E-state index contributed by atoms with van der Waals surface area (Å²) in [5, 5.41) is 44.7. The van der Waals surface area contributed by atoms with E-state index >= 15 is 0 Å². The zero-order valence-corrected chi connectivity index (χ0v) is 14.8. The number of aliphatic hydroxyl groups excluding tert-OH is 3. The summed E-state index contributed by atoms with van der Waals surface area (Å²) in [7, 11) is 0. The first-order valence-corrected chi connectivity index (χ1v) is 8.30. The molecule has 1 aliphatic heterocycles. The molecule has 0 spiro atoms. The summed E-state index contributed by atoms with van der Waals surface area (Å²) in [4.78, 5) is 38.0. The number of ether oxygens (including phenoxy) is 1. The minimum atomic E-state index is -1.89. The topological polar surface area (TPSA) is 189 Å². The third-order valence-electron chi connectivity index (χ3n) is 4.35. The zero-order valence-electron chi connectivity index (χ0n) is 14.8. The lowest BCUT2D eigenvalue weighted by molar-refractivity contribution is -0.384. The molecule has 29 heavy (non-hydrogen) atoms. The van der Waals surface area contributed by atoms with E-state index in [-0.39, 0.29) is 23.8 Å². The van der Waals surface area contributed by atoms with Crippen LogP contribution in [0, 0.1) is 10.1 Å². The SMILES string of the molecule is O=C(Nc1ccc([N+](=O)[O-])cc1)Nc1ccn([C@@]2(CO)OCC(O)C2O)c(=O)n1. The van der Waals surface area contributed by atoms with Crippen molar-refractivity contribution in [2.24, 2.45) is 0 Å². The minimum Gasteiger partial charge on any atom is -0.391 e. The molecule has 1 saturated heterocycles. The molecule has 1 aliphatic rings. The molecule has 2 heterocycles. The molecular formula is C16H17N5O8. The van der Waals surface area contributed by atoms with E-state index in [4.69, 9.17) is 4.74 Å². The molecule has 0 bridgehead atoms. The second kappa shape index (κ2) is 7.92. The molecule has 13 heteroatoms. The van der Waals surface area contributed by atoms with E-state index in [0.29, 0.717) is 0 Å². The van der Waals surface area contributed by atoms with Gasteiger partial charge >= 0.3 is 11.7 Å². The zero-order chi connectivity index (χ0) is 21.2. The lowest BCUT2D eigenvalue weighted by Crippen LogP contribution is -2.53. The van der Waals surface area contributed by atoms with Gasteiger partial charge in [0.1, 0.15) is 18.0 Å². The van der Waals surface area contributed by atoms with E-state index in [1.54, 1.807) is 0 Å². The number of hydrogen-bond donors (Lipinski definition) is 5. The van der Waals surface area contributed by atoms with Crippen LogP contribution in [-0.4, -0.2) is 61.2 Å².